The Labute approximate surface area is 117 Å². The monoisotopic (exact) mass is 273 g/mol. The van der Waals surface area contributed by atoms with E-state index in [1.165, 1.54) is 17.0 Å². The largest absolute Gasteiger partial charge is 0.296 e. The van der Waals surface area contributed by atoms with E-state index in [4.69, 9.17) is 0 Å². The second-order valence-electron chi connectivity index (χ2n) is 4.56. The van der Waals surface area contributed by atoms with Gasteiger partial charge in [-0.1, -0.05) is 12.1 Å². The number of hydrogen-bond donors (Lipinski definition) is 0. The molecule has 0 atom stereocenters. The molecule has 0 saturated heterocycles. The van der Waals surface area contributed by atoms with E-state index in [1.807, 2.05) is 0 Å². The van der Waals surface area contributed by atoms with Crippen LogP contribution in [0.25, 0.3) is 6.08 Å². The Morgan fingerprint density at radius 3 is 2.50 bits per heavy atom. The molecule has 1 amide bonds. The van der Waals surface area contributed by atoms with Crippen LogP contribution >= 0.6 is 0 Å². The summed E-state index contributed by atoms with van der Waals surface area (Å²) in [4.78, 5) is 13.8. The molecule has 5 heteroatoms. The first-order valence-electron chi connectivity index (χ1n) is 6.19. The second kappa shape index (κ2) is 5.69. The van der Waals surface area contributed by atoms with Gasteiger partial charge in [0.2, 0.25) is 0 Å². The highest BCUT2D eigenvalue weighted by Gasteiger charge is 2.15. The van der Waals surface area contributed by atoms with Crippen molar-refractivity contribution in [3.63, 3.8) is 0 Å². The molecule has 0 unspecified atom stereocenters. The molecule has 0 bridgehead atoms. The SMILES string of the molecule is CC(=Cc1ccc(F)cc1)C(=O)N(C)c1ccnn1C. The molecule has 0 fully saturated rings. The highest BCUT2D eigenvalue weighted by molar-refractivity contribution is 6.07. The Hall–Kier alpha value is -2.43. The summed E-state index contributed by atoms with van der Waals surface area (Å²) < 4.78 is 14.5. The molecule has 0 aliphatic carbocycles. The number of aryl methyl sites for hydroxylation is 1. The van der Waals surface area contributed by atoms with Gasteiger partial charge in [0.25, 0.3) is 5.91 Å². The lowest BCUT2D eigenvalue weighted by Gasteiger charge is -2.17. The Bertz CT molecular complexity index is 643. The lowest BCUT2D eigenvalue weighted by Crippen LogP contribution is -2.28. The number of rotatable bonds is 3. The number of benzene rings is 1. The number of anilines is 1. The van der Waals surface area contributed by atoms with Crippen LogP contribution in [0.4, 0.5) is 10.2 Å². The molecule has 4 nitrogen and oxygen atoms in total. The van der Waals surface area contributed by atoms with Gasteiger partial charge in [0.1, 0.15) is 11.6 Å². The van der Waals surface area contributed by atoms with Crippen LogP contribution in [0.2, 0.25) is 0 Å². The van der Waals surface area contributed by atoms with Gasteiger partial charge in [-0.3, -0.25) is 14.4 Å². The summed E-state index contributed by atoms with van der Waals surface area (Å²) in [6, 6.07) is 7.78. The van der Waals surface area contributed by atoms with Crippen LogP contribution in [0.3, 0.4) is 0 Å². The van der Waals surface area contributed by atoms with Gasteiger partial charge in [-0.25, -0.2) is 4.39 Å². The first-order chi connectivity index (χ1) is 9.49. The number of nitrogens with zero attached hydrogens (tertiary/aromatic N) is 3. The lowest BCUT2D eigenvalue weighted by atomic mass is 10.1. The Balaban J connectivity index is 2.20. The van der Waals surface area contributed by atoms with Gasteiger partial charge in [-0.2, -0.15) is 5.10 Å². The fourth-order valence-electron chi connectivity index (χ4n) is 1.94. The molecule has 104 valence electrons. The highest BCUT2D eigenvalue weighted by Crippen LogP contribution is 2.15. The summed E-state index contributed by atoms with van der Waals surface area (Å²) >= 11 is 0. The average Bonchev–Trinajstić information content (AvgIpc) is 2.86. The van der Waals surface area contributed by atoms with Gasteiger partial charge in [0, 0.05) is 25.7 Å². The number of amides is 1. The van der Waals surface area contributed by atoms with Gasteiger partial charge in [0.15, 0.2) is 0 Å². The van der Waals surface area contributed by atoms with E-state index in [0.29, 0.717) is 11.4 Å². The average molecular weight is 273 g/mol. The fourth-order valence-corrected chi connectivity index (χ4v) is 1.94. The predicted octanol–water partition coefficient (Wildman–Crippen LogP) is 2.63. The van der Waals surface area contributed by atoms with Crippen molar-refractivity contribution in [1.82, 2.24) is 9.78 Å². The van der Waals surface area contributed by atoms with Crippen molar-refractivity contribution >= 4 is 17.8 Å². The molecule has 0 aliphatic heterocycles. The van der Waals surface area contributed by atoms with Crippen molar-refractivity contribution in [2.75, 3.05) is 11.9 Å². The van der Waals surface area contributed by atoms with Gasteiger partial charge >= 0.3 is 0 Å². The summed E-state index contributed by atoms with van der Waals surface area (Å²) in [5, 5.41) is 4.03. The Morgan fingerprint density at radius 2 is 1.95 bits per heavy atom. The molecule has 0 saturated carbocycles. The first-order valence-corrected chi connectivity index (χ1v) is 6.19. The third kappa shape index (κ3) is 2.93. The summed E-state index contributed by atoms with van der Waals surface area (Å²) in [6.45, 7) is 1.73. The van der Waals surface area contributed by atoms with Crippen LogP contribution in [-0.2, 0) is 11.8 Å². The maximum atomic E-state index is 12.8. The minimum Gasteiger partial charge on any atom is -0.296 e. The van der Waals surface area contributed by atoms with E-state index in [-0.39, 0.29) is 11.7 Å². The third-order valence-corrected chi connectivity index (χ3v) is 3.03. The lowest BCUT2D eigenvalue weighted by molar-refractivity contribution is -0.114. The van der Waals surface area contributed by atoms with E-state index in [0.717, 1.165) is 5.56 Å². The maximum absolute atomic E-state index is 12.8. The Kier molecular flexibility index (Phi) is 3.98. The molecule has 0 spiro atoms. The predicted molar refractivity (Wildman–Crippen MR) is 76.7 cm³/mol. The summed E-state index contributed by atoms with van der Waals surface area (Å²) in [5.74, 6) is 0.290. The molecule has 2 rings (SSSR count). The van der Waals surface area contributed by atoms with E-state index in [9.17, 15) is 9.18 Å². The molecule has 1 aromatic carbocycles. The number of hydrogen-bond acceptors (Lipinski definition) is 2. The zero-order chi connectivity index (χ0) is 14.7. The topological polar surface area (TPSA) is 38.1 Å². The van der Waals surface area contributed by atoms with Crippen molar-refractivity contribution in [1.29, 1.82) is 0 Å². The van der Waals surface area contributed by atoms with Crippen LogP contribution in [0.1, 0.15) is 12.5 Å². The zero-order valence-corrected chi connectivity index (χ0v) is 11.7. The van der Waals surface area contributed by atoms with Gasteiger partial charge in [-0.15, -0.1) is 0 Å². The summed E-state index contributed by atoms with van der Waals surface area (Å²) in [6.07, 6.45) is 3.37. The highest BCUT2D eigenvalue weighted by atomic mass is 19.1. The van der Waals surface area contributed by atoms with Crippen LogP contribution in [0, 0.1) is 5.82 Å². The number of aromatic nitrogens is 2. The quantitative estimate of drug-likeness (QED) is 0.806. The molecule has 0 aliphatic rings. The van der Waals surface area contributed by atoms with E-state index >= 15 is 0 Å². The Morgan fingerprint density at radius 1 is 1.30 bits per heavy atom. The second-order valence-corrected chi connectivity index (χ2v) is 4.56. The molecule has 0 N–H and O–H groups in total. The maximum Gasteiger partial charge on any atom is 0.254 e. The van der Waals surface area contributed by atoms with Crippen LogP contribution in [0.15, 0.2) is 42.1 Å². The van der Waals surface area contributed by atoms with E-state index in [2.05, 4.69) is 5.10 Å². The fraction of sp³-hybridized carbons (Fsp3) is 0.200. The van der Waals surface area contributed by atoms with Crippen molar-refractivity contribution in [3.8, 4) is 0 Å². The molecule has 1 aromatic heterocycles. The van der Waals surface area contributed by atoms with Crippen molar-refractivity contribution in [3.05, 3.63) is 53.5 Å². The standard InChI is InChI=1S/C15H16FN3O/c1-11(10-12-4-6-13(16)7-5-12)15(20)18(2)14-8-9-17-19(14)3/h4-10H,1-3H3. The van der Waals surface area contributed by atoms with Crippen LogP contribution < -0.4 is 4.90 Å². The van der Waals surface area contributed by atoms with E-state index < -0.39 is 0 Å². The van der Waals surface area contributed by atoms with Gasteiger partial charge in [0.05, 0.1) is 6.20 Å². The molecule has 20 heavy (non-hydrogen) atoms. The number of carbonyl (C=O) groups is 1. The summed E-state index contributed by atoms with van der Waals surface area (Å²) in [5.41, 5.74) is 1.36. The molecule has 2 aromatic rings. The number of halogens is 1. The van der Waals surface area contributed by atoms with E-state index in [1.54, 1.807) is 56.2 Å². The molecule has 0 radical (unpaired) electrons. The first kappa shape index (κ1) is 14.0. The van der Waals surface area contributed by atoms with Crippen molar-refractivity contribution in [2.24, 2.45) is 7.05 Å². The molecular formula is C15H16FN3O. The van der Waals surface area contributed by atoms with Crippen LogP contribution in [0.5, 0.6) is 0 Å². The number of carbonyl (C=O) groups excluding carboxylic acids is 1. The van der Waals surface area contributed by atoms with Crippen LogP contribution in [-0.4, -0.2) is 22.7 Å². The van der Waals surface area contributed by atoms with Crippen molar-refractivity contribution < 1.29 is 9.18 Å². The molecule has 1 heterocycles. The van der Waals surface area contributed by atoms with Crippen molar-refractivity contribution in [2.45, 2.75) is 6.92 Å². The zero-order valence-electron chi connectivity index (χ0n) is 11.7. The molecular weight excluding hydrogens is 257 g/mol. The normalized spacial score (nSPS) is 11.5. The minimum atomic E-state index is -0.293. The minimum absolute atomic E-state index is 0.127. The summed E-state index contributed by atoms with van der Waals surface area (Å²) in [7, 11) is 3.47. The smallest absolute Gasteiger partial charge is 0.254 e. The van der Waals surface area contributed by atoms with Gasteiger partial charge < -0.3 is 0 Å². The number of likely N-dealkylation sites (N-methyl/N-ethyl adjacent to an activating group) is 1. The third-order valence-electron chi connectivity index (χ3n) is 3.03. The van der Waals surface area contributed by atoms with Gasteiger partial charge in [-0.05, 0) is 30.7 Å².